The monoisotopic (exact) mass is 262 g/mol. The van der Waals surface area contributed by atoms with Crippen molar-refractivity contribution in [3.05, 3.63) is 16.9 Å². The quantitative estimate of drug-likeness (QED) is 0.575. The molecule has 0 bridgehead atoms. The van der Waals surface area contributed by atoms with Gasteiger partial charge in [0.25, 0.3) is 0 Å². The summed E-state index contributed by atoms with van der Waals surface area (Å²) in [6, 6.07) is 0. The Balaban J connectivity index is 1.96. The van der Waals surface area contributed by atoms with Crippen molar-refractivity contribution < 1.29 is 4.79 Å². The minimum absolute atomic E-state index is 0.313. The van der Waals surface area contributed by atoms with Crippen LogP contribution in [-0.4, -0.2) is 48.9 Å². The van der Waals surface area contributed by atoms with E-state index in [4.69, 9.17) is 0 Å². The van der Waals surface area contributed by atoms with Crippen LogP contribution >= 0.6 is 0 Å². The maximum Gasteiger partial charge on any atom is 0.209 e. The molecule has 0 N–H and O–H groups in total. The van der Waals surface area contributed by atoms with Crippen molar-refractivity contribution >= 4 is 6.41 Å². The number of carbonyl (C=O) groups excluding carboxylic acids is 1. The first-order valence-corrected chi connectivity index (χ1v) is 7.31. The molecule has 0 radical (unpaired) electrons. The van der Waals surface area contributed by atoms with Gasteiger partial charge in [0.15, 0.2) is 0 Å². The third-order valence-electron chi connectivity index (χ3n) is 4.43. The largest absolute Gasteiger partial charge is 0.344 e. The fourth-order valence-corrected chi connectivity index (χ4v) is 3.01. The molecular formula is C16H26N2O. The van der Waals surface area contributed by atoms with Crippen LogP contribution in [0.3, 0.4) is 0 Å². The van der Waals surface area contributed by atoms with E-state index in [0.29, 0.717) is 11.3 Å². The van der Waals surface area contributed by atoms with Crippen molar-refractivity contribution in [1.82, 2.24) is 9.80 Å². The molecule has 1 aliphatic heterocycles. The summed E-state index contributed by atoms with van der Waals surface area (Å²) in [5.41, 5.74) is 6.58. The molecule has 0 aromatic heterocycles. The van der Waals surface area contributed by atoms with Gasteiger partial charge in [0.2, 0.25) is 6.41 Å². The molecule has 3 heteroatoms. The molecule has 0 unspecified atom stereocenters. The van der Waals surface area contributed by atoms with Crippen LogP contribution in [0.2, 0.25) is 0 Å². The molecule has 1 heterocycles. The van der Waals surface area contributed by atoms with E-state index in [1.165, 1.54) is 11.1 Å². The molecule has 0 spiro atoms. The van der Waals surface area contributed by atoms with E-state index in [-0.39, 0.29) is 0 Å². The molecular weight excluding hydrogens is 236 g/mol. The molecule has 19 heavy (non-hydrogen) atoms. The minimum Gasteiger partial charge on any atom is -0.344 e. The van der Waals surface area contributed by atoms with Gasteiger partial charge in [0.1, 0.15) is 0 Å². The van der Waals surface area contributed by atoms with E-state index >= 15 is 0 Å². The van der Waals surface area contributed by atoms with Crippen molar-refractivity contribution in [1.29, 1.82) is 0 Å². The van der Waals surface area contributed by atoms with Crippen LogP contribution in [0.25, 0.3) is 0 Å². The summed E-state index contributed by atoms with van der Waals surface area (Å²) in [6.07, 6.45) is 2.08. The van der Waals surface area contributed by atoms with E-state index in [0.717, 1.165) is 45.6 Å². The van der Waals surface area contributed by atoms with Gasteiger partial charge < -0.3 is 9.80 Å². The van der Waals surface area contributed by atoms with Crippen molar-refractivity contribution in [2.75, 3.05) is 32.7 Å². The lowest BCUT2D eigenvalue weighted by atomic mass is 10.1. The molecule has 1 aliphatic carbocycles. The molecule has 2 aliphatic rings. The molecule has 2 rings (SSSR count). The number of rotatable bonds is 3. The molecule has 1 amide bonds. The standard InChI is InChI=1S/C16H26N2O/c1-13(2)10-14-15(16(14,3)4)11-17-6-5-7-18(12-19)9-8-17/h12,15H,5-9,11H2,1-4H3/t15-/m0/s1. The van der Waals surface area contributed by atoms with Crippen molar-refractivity contribution in [2.45, 2.75) is 34.1 Å². The number of hydrogen-bond donors (Lipinski definition) is 0. The first kappa shape index (κ1) is 14.4. The normalized spacial score (nSPS) is 26.6. The van der Waals surface area contributed by atoms with Gasteiger partial charge in [0, 0.05) is 37.5 Å². The Morgan fingerprint density at radius 2 is 2.05 bits per heavy atom. The van der Waals surface area contributed by atoms with Crippen LogP contribution in [0, 0.1) is 11.3 Å². The van der Waals surface area contributed by atoms with Gasteiger partial charge in [-0.15, -0.1) is 5.73 Å². The summed E-state index contributed by atoms with van der Waals surface area (Å²) < 4.78 is 0. The second-order valence-corrected chi connectivity index (χ2v) is 6.61. The minimum atomic E-state index is 0.313. The highest BCUT2D eigenvalue weighted by atomic mass is 16.1. The van der Waals surface area contributed by atoms with E-state index in [9.17, 15) is 4.79 Å². The molecule has 1 saturated carbocycles. The highest BCUT2D eigenvalue weighted by molar-refractivity contribution is 5.47. The van der Waals surface area contributed by atoms with Crippen LogP contribution in [0.5, 0.6) is 0 Å². The highest BCUT2D eigenvalue weighted by Crippen LogP contribution is 2.57. The summed E-state index contributed by atoms with van der Waals surface area (Å²) in [7, 11) is 0. The maximum absolute atomic E-state index is 10.8. The Morgan fingerprint density at radius 3 is 2.68 bits per heavy atom. The van der Waals surface area contributed by atoms with E-state index in [1.54, 1.807) is 0 Å². The van der Waals surface area contributed by atoms with Gasteiger partial charge in [-0.1, -0.05) is 13.8 Å². The zero-order chi connectivity index (χ0) is 14.0. The Kier molecular flexibility index (Phi) is 4.17. The molecule has 2 fully saturated rings. The molecule has 0 aromatic rings. The van der Waals surface area contributed by atoms with Gasteiger partial charge in [0.05, 0.1) is 0 Å². The lowest BCUT2D eigenvalue weighted by molar-refractivity contribution is -0.118. The fourth-order valence-electron chi connectivity index (χ4n) is 3.01. The number of nitrogens with zero attached hydrogens (tertiary/aromatic N) is 2. The Hall–Kier alpha value is -1.05. The van der Waals surface area contributed by atoms with E-state index in [2.05, 4.69) is 38.3 Å². The molecule has 3 nitrogen and oxygen atoms in total. The van der Waals surface area contributed by atoms with Crippen LogP contribution < -0.4 is 0 Å². The average molecular weight is 262 g/mol. The fraction of sp³-hybridized carbons (Fsp3) is 0.750. The average Bonchev–Trinajstić information content (AvgIpc) is 2.93. The zero-order valence-corrected chi connectivity index (χ0v) is 12.7. The van der Waals surface area contributed by atoms with Crippen LogP contribution in [0.4, 0.5) is 0 Å². The smallest absolute Gasteiger partial charge is 0.209 e. The molecule has 1 saturated heterocycles. The third-order valence-corrected chi connectivity index (χ3v) is 4.43. The van der Waals surface area contributed by atoms with Crippen LogP contribution in [-0.2, 0) is 4.79 Å². The lowest BCUT2D eigenvalue weighted by Gasteiger charge is -2.20. The van der Waals surface area contributed by atoms with Crippen LogP contribution in [0.15, 0.2) is 16.9 Å². The van der Waals surface area contributed by atoms with Crippen LogP contribution in [0.1, 0.15) is 34.1 Å². The van der Waals surface area contributed by atoms with E-state index < -0.39 is 0 Å². The topological polar surface area (TPSA) is 23.6 Å². The summed E-state index contributed by atoms with van der Waals surface area (Å²) in [5.74, 6) is 0.644. The summed E-state index contributed by atoms with van der Waals surface area (Å²) in [4.78, 5) is 15.2. The van der Waals surface area contributed by atoms with E-state index in [1.807, 2.05) is 4.90 Å². The summed E-state index contributed by atoms with van der Waals surface area (Å²) >= 11 is 0. The Bertz CT molecular complexity index is 414. The molecule has 1 atom stereocenters. The summed E-state index contributed by atoms with van der Waals surface area (Å²) in [6.45, 7) is 13.9. The Labute approximate surface area is 117 Å². The molecule has 0 aromatic carbocycles. The third kappa shape index (κ3) is 3.29. The lowest BCUT2D eigenvalue weighted by Crippen LogP contribution is -2.32. The van der Waals surface area contributed by atoms with Crippen molar-refractivity contribution in [2.24, 2.45) is 11.3 Å². The first-order valence-electron chi connectivity index (χ1n) is 7.31. The zero-order valence-electron chi connectivity index (χ0n) is 12.7. The predicted octanol–water partition coefficient (Wildman–Crippen LogP) is 2.30. The second kappa shape index (κ2) is 5.52. The SMILES string of the molecule is CC(C)=C=C1[C@H](CN2CCCN(C=O)CC2)C1(C)C. The summed E-state index contributed by atoms with van der Waals surface area (Å²) in [5, 5.41) is 0. The maximum atomic E-state index is 10.8. The highest BCUT2D eigenvalue weighted by Gasteiger charge is 2.52. The van der Waals surface area contributed by atoms with Crippen molar-refractivity contribution in [3.63, 3.8) is 0 Å². The predicted molar refractivity (Wildman–Crippen MR) is 77.9 cm³/mol. The second-order valence-electron chi connectivity index (χ2n) is 6.61. The van der Waals surface area contributed by atoms with Crippen molar-refractivity contribution in [3.8, 4) is 0 Å². The van der Waals surface area contributed by atoms with Gasteiger partial charge >= 0.3 is 0 Å². The number of hydrogen-bond acceptors (Lipinski definition) is 2. The van der Waals surface area contributed by atoms with Gasteiger partial charge in [-0.3, -0.25) is 4.79 Å². The first-order chi connectivity index (χ1) is 8.95. The van der Waals surface area contributed by atoms with Gasteiger partial charge in [-0.25, -0.2) is 0 Å². The number of amides is 1. The molecule has 106 valence electrons. The van der Waals surface area contributed by atoms with Gasteiger partial charge in [-0.2, -0.15) is 0 Å². The number of carbonyl (C=O) groups is 1. The van der Waals surface area contributed by atoms with Gasteiger partial charge in [-0.05, 0) is 38.0 Å². The Morgan fingerprint density at radius 1 is 1.32 bits per heavy atom.